The molecule has 0 bridgehead atoms. The first-order valence-corrected chi connectivity index (χ1v) is 6.71. The molecule has 0 fully saturated rings. The monoisotopic (exact) mass is 316 g/mol. The van der Waals surface area contributed by atoms with Gasteiger partial charge in [-0.3, -0.25) is 0 Å². The van der Waals surface area contributed by atoms with Crippen LogP contribution in [0.1, 0.15) is 10.4 Å². The molecular formula is C13H7Cl2FO2S. The van der Waals surface area contributed by atoms with Crippen molar-refractivity contribution < 1.29 is 14.3 Å². The van der Waals surface area contributed by atoms with E-state index in [4.69, 9.17) is 28.3 Å². The second kappa shape index (κ2) is 5.82. The molecule has 19 heavy (non-hydrogen) atoms. The van der Waals surface area contributed by atoms with Crippen LogP contribution in [-0.4, -0.2) is 11.1 Å². The zero-order valence-corrected chi connectivity index (χ0v) is 11.7. The van der Waals surface area contributed by atoms with Gasteiger partial charge in [0.05, 0.1) is 5.02 Å². The van der Waals surface area contributed by atoms with Crippen molar-refractivity contribution in [2.24, 2.45) is 0 Å². The zero-order chi connectivity index (χ0) is 14.0. The van der Waals surface area contributed by atoms with Gasteiger partial charge in [-0.15, -0.1) is 0 Å². The highest BCUT2D eigenvalue weighted by molar-refractivity contribution is 7.99. The number of halogens is 3. The Bertz CT molecular complexity index is 647. The Morgan fingerprint density at radius 1 is 1.16 bits per heavy atom. The summed E-state index contributed by atoms with van der Waals surface area (Å²) in [6, 6.07) is 8.90. The molecule has 0 spiro atoms. The first-order chi connectivity index (χ1) is 8.99. The van der Waals surface area contributed by atoms with E-state index in [9.17, 15) is 9.18 Å². The van der Waals surface area contributed by atoms with E-state index in [1.54, 1.807) is 18.2 Å². The van der Waals surface area contributed by atoms with Gasteiger partial charge in [0.2, 0.25) is 0 Å². The lowest BCUT2D eigenvalue weighted by molar-refractivity contribution is 0.0688. The fourth-order valence-corrected chi connectivity index (χ4v) is 2.96. The van der Waals surface area contributed by atoms with Crippen molar-refractivity contribution >= 4 is 40.9 Å². The van der Waals surface area contributed by atoms with Gasteiger partial charge in [0.25, 0.3) is 0 Å². The summed E-state index contributed by atoms with van der Waals surface area (Å²) in [5, 5.41) is 9.93. The van der Waals surface area contributed by atoms with E-state index >= 15 is 0 Å². The van der Waals surface area contributed by atoms with Crippen LogP contribution in [0.2, 0.25) is 10.0 Å². The van der Waals surface area contributed by atoms with Gasteiger partial charge in [-0.2, -0.15) is 0 Å². The van der Waals surface area contributed by atoms with Crippen LogP contribution in [-0.2, 0) is 0 Å². The number of carbonyl (C=O) groups is 1. The molecule has 0 heterocycles. The van der Waals surface area contributed by atoms with Gasteiger partial charge in [0, 0.05) is 14.8 Å². The molecule has 0 saturated carbocycles. The highest BCUT2D eigenvalue weighted by Gasteiger charge is 2.17. The lowest BCUT2D eigenvalue weighted by atomic mass is 10.2. The Balaban J connectivity index is 2.46. The number of rotatable bonds is 3. The van der Waals surface area contributed by atoms with E-state index in [-0.39, 0.29) is 10.5 Å². The smallest absolute Gasteiger partial charge is 0.339 e. The molecule has 98 valence electrons. The van der Waals surface area contributed by atoms with Gasteiger partial charge < -0.3 is 5.11 Å². The number of hydrogen-bond donors (Lipinski definition) is 1. The molecule has 6 heteroatoms. The molecular weight excluding hydrogens is 310 g/mol. The van der Waals surface area contributed by atoms with Crippen molar-refractivity contribution in [1.29, 1.82) is 0 Å². The summed E-state index contributed by atoms with van der Waals surface area (Å²) in [6.45, 7) is 0. The molecule has 0 aromatic heterocycles. The molecule has 0 unspecified atom stereocenters. The second-order valence-electron chi connectivity index (χ2n) is 3.59. The molecule has 1 N–H and O–H groups in total. The Labute approximate surface area is 123 Å². The molecule has 0 saturated heterocycles. The van der Waals surface area contributed by atoms with Crippen molar-refractivity contribution in [1.82, 2.24) is 0 Å². The average molecular weight is 317 g/mol. The fourth-order valence-electron chi connectivity index (χ4n) is 1.47. The lowest BCUT2D eigenvalue weighted by Crippen LogP contribution is -2.02. The van der Waals surface area contributed by atoms with Crippen LogP contribution in [0.3, 0.4) is 0 Å². The van der Waals surface area contributed by atoms with Crippen LogP contribution in [0.25, 0.3) is 0 Å². The number of hydrogen-bond acceptors (Lipinski definition) is 2. The molecule has 0 amide bonds. The third-order valence-electron chi connectivity index (χ3n) is 2.30. The minimum atomic E-state index is -1.32. The van der Waals surface area contributed by atoms with Gasteiger partial charge in [0.15, 0.2) is 0 Å². The van der Waals surface area contributed by atoms with Crippen molar-refractivity contribution in [2.45, 2.75) is 9.79 Å². The second-order valence-corrected chi connectivity index (χ2v) is 5.52. The van der Waals surface area contributed by atoms with E-state index in [0.717, 1.165) is 17.8 Å². The predicted octanol–water partition coefficient (Wildman–Crippen LogP) is 4.98. The summed E-state index contributed by atoms with van der Waals surface area (Å²) in [5.74, 6) is -2.10. The molecule has 0 atom stereocenters. The summed E-state index contributed by atoms with van der Waals surface area (Å²) >= 11 is 12.9. The Morgan fingerprint density at radius 3 is 2.58 bits per heavy atom. The maximum atomic E-state index is 13.5. The summed E-state index contributed by atoms with van der Waals surface area (Å²) in [6.07, 6.45) is 0. The topological polar surface area (TPSA) is 37.3 Å². The maximum absolute atomic E-state index is 13.5. The van der Waals surface area contributed by atoms with Crippen LogP contribution in [0.4, 0.5) is 4.39 Å². The standard InChI is InChI=1S/C13H7Cl2FO2S/c14-7-4-5-8(15)11(6-7)19-10-3-1-2-9(16)12(10)13(17)18/h1-6H,(H,17,18). The highest BCUT2D eigenvalue weighted by atomic mass is 35.5. The number of carboxylic acid groups (broad SMARTS) is 1. The van der Waals surface area contributed by atoms with Gasteiger partial charge in [-0.25, -0.2) is 9.18 Å². The predicted molar refractivity (Wildman–Crippen MR) is 73.9 cm³/mol. The third kappa shape index (κ3) is 3.21. The molecule has 2 nitrogen and oxygen atoms in total. The van der Waals surface area contributed by atoms with Crippen molar-refractivity contribution in [3.8, 4) is 0 Å². The van der Waals surface area contributed by atoms with Gasteiger partial charge in [-0.05, 0) is 30.3 Å². The normalized spacial score (nSPS) is 10.5. The first-order valence-electron chi connectivity index (χ1n) is 5.13. The largest absolute Gasteiger partial charge is 0.478 e. The maximum Gasteiger partial charge on any atom is 0.339 e. The van der Waals surface area contributed by atoms with Crippen LogP contribution < -0.4 is 0 Å². The van der Waals surface area contributed by atoms with Gasteiger partial charge in [-0.1, -0.05) is 41.0 Å². The summed E-state index contributed by atoms with van der Waals surface area (Å²) in [7, 11) is 0. The Kier molecular flexibility index (Phi) is 4.34. The molecule has 2 rings (SSSR count). The van der Waals surface area contributed by atoms with Crippen molar-refractivity contribution in [3.63, 3.8) is 0 Å². The van der Waals surface area contributed by atoms with Crippen molar-refractivity contribution in [3.05, 3.63) is 57.8 Å². The van der Waals surface area contributed by atoms with E-state index in [1.165, 1.54) is 12.1 Å². The molecule has 2 aromatic rings. The molecule has 0 radical (unpaired) electrons. The molecule has 2 aromatic carbocycles. The number of carboxylic acids is 1. The van der Waals surface area contributed by atoms with Crippen LogP contribution in [0.5, 0.6) is 0 Å². The average Bonchev–Trinajstić information content (AvgIpc) is 2.33. The SMILES string of the molecule is O=C(O)c1c(F)cccc1Sc1cc(Cl)ccc1Cl. The first kappa shape index (κ1) is 14.2. The summed E-state index contributed by atoms with van der Waals surface area (Å²) in [5.41, 5.74) is -0.372. The van der Waals surface area contributed by atoms with Crippen LogP contribution in [0.15, 0.2) is 46.2 Å². The minimum Gasteiger partial charge on any atom is -0.478 e. The van der Waals surface area contributed by atoms with Gasteiger partial charge in [0.1, 0.15) is 11.4 Å². The molecule has 0 aliphatic rings. The number of aromatic carboxylic acids is 1. The van der Waals surface area contributed by atoms with Crippen molar-refractivity contribution in [2.75, 3.05) is 0 Å². The Hall–Kier alpha value is -1.23. The van der Waals surface area contributed by atoms with E-state index in [0.29, 0.717) is 14.9 Å². The highest BCUT2D eigenvalue weighted by Crippen LogP contribution is 2.37. The minimum absolute atomic E-state index is 0.275. The molecule has 0 aliphatic carbocycles. The number of benzene rings is 2. The Morgan fingerprint density at radius 2 is 1.89 bits per heavy atom. The van der Waals surface area contributed by atoms with E-state index in [1.807, 2.05) is 0 Å². The third-order valence-corrected chi connectivity index (χ3v) is 4.10. The fraction of sp³-hybridized carbons (Fsp3) is 0. The summed E-state index contributed by atoms with van der Waals surface area (Å²) in [4.78, 5) is 11.9. The van der Waals surface area contributed by atoms with Gasteiger partial charge >= 0.3 is 5.97 Å². The van der Waals surface area contributed by atoms with E-state index < -0.39 is 11.8 Å². The quantitative estimate of drug-likeness (QED) is 0.867. The lowest BCUT2D eigenvalue weighted by Gasteiger charge is -2.08. The van der Waals surface area contributed by atoms with Crippen LogP contribution in [0, 0.1) is 5.82 Å². The van der Waals surface area contributed by atoms with Crippen LogP contribution >= 0.6 is 35.0 Å². The summed E-state index contributed by atoms with van der Waals surface area (Å²) < 4.78 is 13.5. The van der Waals surface area contributed by atoms with E-state index in [2.05, 4.69) is 0 Å². The zero-order valence-electron chi connectivity index (χ0n) is 9.36. The molecule has 0 aliphatic heterocycles.